The molecule has 2 nitrogen and oxygen atoms in total. The molecule has 0 aromatic heterocycles. The second-order valence-electron chi connectivity index (χ2n) is 5.38. The van der Waals surface area contributed by atoms with Gasteiger partial charge in [0.15, 0.2) is 0 Å². The Morgan fingerprint density at radius 3 is 2.81 bits per heavy atom. The molecule has 1 heterocycles. The third-order valence-electron chi connectivity index (χ3n) is 3.67. The summed E-state index contributed by atoms with van der Waals surface area (Å²) in [6, 6.07) is 0.666. The molecule has 3 unspecified atom stereocenters. The van der Waals surface area contributed by atoms with E-state index in [0.717, 1.165) is 19.1 Å². The van der Waals surface area contributed by atoms with Crippen LogP contribution in [0.2, 0.25) is 0 Å². The van der Waals surface area contributed by atoms with Gasteiger partial charge in [-0.3, -0.25) is 0 Å². The number of hydrogen-bond acceptors (Lipinski definition) is 2. The van der Waals surface area contributed by atoms with Crippen LogP contribution in [-0.2, 0) is 4.74 Å². The topological polar surface area (TPSA) is 21.3 Å². The minimum absolute atomic E-state index is 0.562. The summed E-state index contributed by atoms with van der Waals surface area (Å²) >= 11 is 0. The van der Waals surface area contributed by atoms with Crippen LogP contribution < -0.4 is 5.32 Å². The highest BCUT2D eigenvalue weighted by atomic mass is 16.5. The molecule has 0 aromatic rings. The molecule has 2 heteroatoms. The van der Waals surface area contributed by atoms with Crippen LogP contribution >= 0.6 is 0 Å². The molecule has 1 aliphatic rings. The maximum atomic E-state index is 5.61. The second kappa shape index (κ2) is 8.08. The summed E-state index contributed by atoms with van der Waals surface area (Å²) in [5, 5.41) is 3.62. The lowest BCUT2D eigenvalue weighted by molar-refractivity contribution is 0.102. The molecule has 1 rings (SSSR count). The van der Waals surface area contributed by atoms with Crippen LogP contribution in [-0.4, -0.2) is 25.3 Å². The lowest BCUT2D eigenvalue weighted by Crippen LogP contribution is -2.29. The van der Waals surface area contributed by atoms with Gasteiger partial charge in [0.05, 0.1) is 6.10 Å². The fraction of sp³-hybridized carbons (Fsp3) is 1.00. The maximum absolute atomic E-state index is 5.61. The van der Waals surface area contributed by atoms with Crippen molar-refractivity contribution in [2.75, 3.05) is 13.2 Å². The molecule has 0 bridgehead atoms. The monoisotopic (exact) mass is 227 g/mol. The molecular weight excluding hydrogens is 198 g/mol. The normalized spacial score (nSPS) is 24.6. The van der Waals surface area contributed by atoms with Crippen molar-refractivity contribution in [3.63, 3.8) is 0 Å². The highest BCUT2D eigenvalue weighted by Crippen LogP contribution is 2.16. The zero-order valence-corrected chi connectivity index (χ0v) is 11.3. The first-order chi connectivity index (χ1) is 7.72. The van der Waals surface area contributed by atoms with Crippen molar-refractivity contribution in [1.82, 2.24) is 5.32 Å². The van der Waals surface area contributed by atoms with Crippen molar-refractivity contribution < 1.29 is 4.74 Å². The van der Waals surface area contributed by atoms with E-state index in [4.69, 9.17) is 4.74 Å². The molecule has 0 radical (unpaired) electrons. The van der Waals surface area contributed by atoms with E-state index >= 15 is 0 Å². The van der Waals surface area contributed by atoms with Gasteiger partial charge in [0, 0.05) is 12.6 Å². The Hall–Kier alpha value is -0.0800. The fourth-order valence-electron chi connectivity index (χ4n) is 2.40. The number of rotatable bonds is 8. The van der Waals surface area contributed by atoms with Crippen LogP contribution in [0.15, 0.2) is 0 Å². The molecule has 0 aliphatic carbocycles. The van der Waals surface area contributed by atoms with Crippen molar-refractivity contribution in [1.29, 1.82) is 0 Å². The van der Waals surface area contributed by atoms with E-state index in [1.807, 2.05) is 0 Å². The van der Waals surface area contributed by atoms with Gasteiger partial charge < -0.3 is 10.1 Å². The van der Waals surface area contributed by atoms with Crippen LogP contribution in [0.5, 0.6) is 0 Å². The van der Waals surface area contributed by atoms with E-state index in [1.54, 1.807) is 0 Å². The molecular formula is C14H29NO. The third-order valence-corrected chi connectivity index (χ3v) is 3.67. The van der Waals surface area contributed by atoms with E-state index < -0.39 is 0 Å². The molecule has 16 heavy (non-hydrogen) atoms. The van der Waals surface area contributed by atoms with E-state index in [-0.39, 0.29) is 0 Å². The SMILES string of the molecule is CCC(C)CC(C)NCCCC1CCCO1. The van der Waals surface area contributed by atoms with Crippen molar-refractivity contribution in [2.45, 2.75) is 71.4 Å². The molecule has 3 atom stereocenters. The smallest absolute Gasteiger partial charge is 0.0576 e. The molecule has 1 N–H and O–H groups in total. The summed E-state index contributed by atoms with van der Waals surface area (Å²) in [6.45, 7) is 9.05. The van der Waals surface area contributed by atoms with Crippen LogP contribution in [0, 0.1) is 5.92 Å². The van der Waals surface area contributed by atoms with Crippen molar-refractivity contribution in [2.24, 2.45) is 5.92 Å². The van der Waals surface area contributed by atoms with Gasteiger partial charge in [-0.05, 0) is 51.5 Å². The Balaban J connectivity index is 1.93. The molecule has 0 spiro atoms. The summed E-state index contributed by atoms with van der Waals surface area (Å²) in [4.78, 5) is 0. The van der Waals surface area contributed by atoms with Gasteiger partial charge in [-0.25, -0.2) is 0 Å². The van der Waals surface area contributed by atoms with Crippen LogP contribution in [0.3, 0.4) is 0 Å². The Morgan fingerprint density at radius 1 is 1.38 bits per heavy atom. The first-order valence-electron chi connectivity index (χ1n) is 7.07. The molecule has 1 aliphatic heterocycles. The highest BCUT2D eigenvalue weighted by molar-refractivity contribution is 4.68. The highest BCUT2D eigenvalue weighted by Gasteiger charge is 2.14. The van der Waals surface area contributed by atoms with Gasteiger partial charge in [0.25, 0.3) is 0 Å². The first-order valence-corrected chi connectivity index (χ1v) is 7.07. The van der Waals surface area contributed by atoms with E-state index in [0.29, 0.717) is 12.1 Å². The number of ether oxygens (including phenoxy) is 1. The van der Waals surface area contributed by atoms with Gasteiger partial charge in [-0.15, -0.1) is 0 Å². The van der Waals surface area contributed by atoms with Gasteiger partial charge in [-0.2, -0.15) is 0 Å². The van der Waals surface area contributed by atoms with Crippen LogP contribution in [0.25, 0.3) is 0 Å². The second-order valence-corrected chi connectivity index (χ2v) is 5.38. The fourth-order valence-corrected chi connectivity index (χ4v) is 2.40. The Bertz CT molecular complexity index is 166. The Morgan fingerprint density at radius 2 is 2.19 bits per heavy atom. The van der Waals surface area contributed by atoms with Crippen molar-refractivity contribution in [3.05, 3.63) is 0 Å². The molecule has 1 saturated heterocycles. The molecule has 0 amide bonds. The van der Waals surface area contributed by atoms with Gasteiger partial charge in [0.2, 0.25) is 0 Å². The largest absolute Gasteiger partial charge is 0.378 e. The molecule has 1 fully saturated rings. The molecule has 0 aromatic carbocycles. The average Bonchev–Trinajstić information content (AvgIpc) is 2.77. The first kappa shape index (κ1) is 14.0. The number of hydrogen-bond donors (Lipinski definition) is 1. The summed E-state index contributed by atoms with van der Waals surface area (Å²) in [5.41, 5.74) is 0. The Labute approximate surface area is 101 Å². The minimum atomic E-state index is 0.562. The summed E-state index contributed by atoms with van der Waals surface area (Å²) in [5.74, 6) is 0.848. The van der Waals surface area contributed by atoms with Gasteiger partial charge in [-0.1, -0.05) is 20.3 Å². The third kappa shape index (κ3) is 5.86. The van der Waals surface area contributed by atoms with Gasteiger partial charge in [0.1, 0.15) is 0 Å². The van der Waals surface area contributed by atoms with Gasteiger partial charge >= 0.3 is 0 Å². The maximum Gasteiger partial charge on any atom is 0.0576 e. The van der Waals surface area contributed by atoms with Crippen molar-refractivity contribution in [3.8, 4) is 0 Å². The lowest BCUT2D eigenvalue weighted by atomic mass is 10.0. The predicted molar refractivity (Wildman–Crippen MR) is 69.7 cm³/mol. The van der Waals surface area contributed by atoms with Crippen LogP contribution in [0.4, 0.5) is 0 Å². The zero-order chi connectivity index (χ0) is 11.8. The predicted octanol–water partition coefficient (Wildman–Crippen LogP) is 3.36. The van der Waals surface area contributed by atoms with Crippen molar-refractivity contribution >= 4 is 0 Å². The summed E-state index contributed by atoms with van der Waals surface area (Å²) < 4.78 is 5.61. The quantitative estimate of drug-likeness (QED) is 0.642. The van der Waals surface area contributed by atoms with Crippen LogP contribution in [0.1, 0.15) is 59.3 Å². The average molecular weight is 227 g/mol. The zero-order valence-electron chi connectivity index (χ0n) is 11.3. The lowest BCUT2D eigenvalue weighted by Gasteiger charge is -2.18. The van der Waals surface area contributed by atoms with E-state index in [2.05, 4.69) is 26.1 Å². The van der Waals surface area contributed by atoms with E-state index in [9.17, 15) is 0 Å². The van der Waals surface area contributed by atoms with E-state index in [1.165, 1.54) is 38.5 Å². The summed E-state index contributed by atoms with van der Waals surface area (Å²) in [6.07, 6.45) is 8.20. The molecule has 0 saturated carbocycles. The standard InChI is InChI=1S/C14H29NO/c1-4-12(2)11-13(3)15-9-5-7-14-8-6-10-16-14/h12-15H,4-11H2,1-3H3. The minimum Gasteiger partial charge on any atom is -0.378 e. The number of nitrogens with one attached hydrogen (secondary N) is 1. The molecule has 96 valence electrons. The summed E-state index contributed by atoms with van der Waals surface area (Å²) in [7, 11) is 0. The Kier molecular flexibility index (Phi) is 7.06.